The summed E-state index contributed by atoms with van der Waals surface area (Å²) in [6.07, 6.45) is 2.16. The largest absolute Gasteiger partial charge is 0.502 e. The number of nitro groups is 1. The van der Waals surface area contributed by atoms with Crippen LogP contribution in [0.2, 0.25) is 0 Å². The summed E-state index contributed by atoms with van der Waals surface area (Å²) in [7, 11) is 0. The fourth-order valence-corrected chi connectivity index (χ4v) is 3.59. The zero-order chi connectivity index (χ0) is 23.2. The van der Waals surface area contributed by atoms with Gasteiger partial charge in [-0.1, -0.05) is 52.8 Å². The molecule has 0 unspecified atom stereocenters. The Kier molecular flexibility index (Phi) is 7.38. The van der Waals surface area contributed by atoms with E-state index in [1.54, 1.807) is 0 Å². The van der Waals surface area contributed by atoms with Crippen molar-refractivity contribution in [3.63, 3.8) is 0 Å². The van der Waals surface area contributed by atoms with Crippen LogP contribution < -0.4 is 10.2 Å². The van der Waals surface area contributed by atoms with Gasteiger partial charge >= 0.3 is 5.69 Å². The first-order valence-corrected chi connectivity index (χ1v) is 9.91. The molecule has 0 radical (unpaired) electrons. The number of nitrogens with zero attached hydrogens (tertiary/aromatic N) is 2. The van der Waals surface area contributed by atoms with Gasteiger partial charge in [0.05, 0.1) is 11.1 Å². The molecule has 0 fully saturated rings. The maximum atomic E-state index is 11.9. The molecule has 0 spiro atoms. The van der Waals surface area contributed by atoms with Crippen LogP contribution in [-0.4, -0.2) is 28.8 Å². The molecular weight excluding hydrogens is 398 g/mol. The molecule has 0 heterocycles. The first-order valence-electron chi connectivity index (χ1n) is 9.91. The van der Waals surface area contributed by atoms with Crippen molar-refractivity contribution in [3.05, 3.63) is 63.7 Å². The number of ether oxygens (including phenoxy) is 1. The number of carbonyl (C=O) groups is 1. The Labute approximate surface area is 182 Å². The van der Waals surface area contributed by atoms with E-state index in [-0.39, 0.29) is 23.0 Å². The molecular formula is C23H29N3O5. The number of hydrogen-bond acceptors (Lipinski definition) is 6. The molecule has 2 N–H and O–H groups in total. The summed E-state index contributed by atoms with van der Waals surface area (Å²) >= 11 is 0. The average Bonchev–Trinajstić information content (AvgIpc) is 2.66. The average molecular weight is 428 g/mol. The Bertz CT molecular complexity index is 960. The number of amides is 1. The smallest absolute Gasteiger partial charge is 0.311 e. The van der Waals surface area contributed by atoms with E-state index in [0.717, 1.165) is 12.6 Å². The summed E-state index contributed by atoms with van der Waals surface area (Å²) in [5.74, 6) is -0.458. The summed E-state index contributed by atoms with van der Waals surface area (Å²) in [4.78, 5) is 22.1. The summed E-state index contributed by atoms with van der Waals surface area (Å²) in [6, 6.07) is 11.7. The van der Waals surface area contributed by atoms with Crippen LogP contribution in [0.25, 0.3) is 0 Å². The SMILES string of the molecule is CC(C)(C)CC(C)(C)c1ccc(OCC(=O)N/N=C\c2cccc([N+](=O)[O-])c2O)cc1. The van der Waals surface area contributed by atoms with E-state index in [1.807, 2.05) is 24.3 Å². The van der Waals surface area contributed by atoms with Gasteiger partial charge in [0.25, 0.3) is 5.91 Å². The number of rotatable bonds is 8. The number of hydrogen-bond donors (Lipinski definition) is 2. The van der Waals surface area contributed by atoms with Crippen LogP contribution in [0.4, 0.5) is 5.69 Å². The summed E-state index contributed by atoms with van der Waals surface area (Å²) in [5.41, 5.74) is 3.36. The molecule has 0 saturated carbocycles. The highest BCUT2D eigenvalue weighted by Gasteiger charge is 2.27. The lowest BCUT2D eigenvalue weighted by Gasteiger charge is -2.33. The van der Waals surface area contributed by atoms with Gasteiger partial charge in [-0.2, -0.15) is 5.10 Å². The molecule has 2 rings (SSSR count). The van der Waals surface area contributed by atoms with Crippen molar-refractivity contribution in [2.45, 2.75) is 46.5 Å². The standard InChI is InChI=1S/C23H29N3O5/c1-22(2,3)15-23(4,5)17-9-11-18(12-10-17)31-14-20(27)25-24-13-16-7-6-8-19(21(16)28)26(29)30/h6-13,28H,14-15H2,1-5H3,(H,25,27)/b24-13-. The third kappa shape index (κ3) is 7.09. The lowest BCUT2D eigenvalue weighted by atomic mass is 9.72. The van der Waals surface area contributed by atoms with Gasteiger partial charge in [-0.05, 0) is 41.0 Å². The van der Waals surface area contributed by atoms with Crippen LogP contribution in [-0.2, 0) is 10.2 Å². The van der Waals surface area contributed by atoms with Gasteiger partial charge in [0.2, 0.25) is 5.75 Å². The molecule has 0 aromatic heterocycles. The van der Waals surface area contributed by atoms with Gasteiger partial charge in [0.15, 0.2) is 6.61 Å². The van der Waals surface area contributed by atoms with E-state index >= 15 is 0 Å². The Balaban J connectivity index is 1.90. The minimum atomic E-state index is -0.700. The van der Waals surface area contributed by atoms with Gasteiger partial charge in [0.1, 0.15) is 5.75 Å². The monoisotopic (exact) mass is 427 g/mol. The second-order valence-electron chi connectivity index (χ2n) is 9.20. The van der Waals surface area contributed by atoms with Gasteiger partial charge in [0, 0.05) is 11.6 Å². The lowest BCUT2D eigenvalue weighted by Crippen LogP contribution is -2.25. The molecule has 166 valence electrons. The van der Waals surface area contributed by atoms with Crippen LogP contribution in [0.15, 0.2) is 47.6 Å². The zero-order valence-electron chi connectivity index (χ0n) is 18.5. The van der Waals surface area contributed by atoms with E-state index in [1.165, 1.54) is 23.8 Å². The van der Waals surface area contributed by atoms with Gasteiger partial charge in [-0.25, -0.2) is 5.43 Å². The third-order valence-corrected chi connectivity index (χ3v) is 4.61. The predicted molar refractivity (Wildman–Crippen MR) is 120 cm³/mol. The van der Waals surface area contributed by atoms with E-state index < -0.39 is 22.3 Å². The molecule has 0 atom stereocenters. The third-order valence-electron chi connectivity index (χ3n) is 4.61. The van der Waals surface area contributed by atoms with E-state index in [2.05, 4.69) is 45.1 Å². The van der Waals surface area contributed by atoms with Crippen molar-refractivity contribution in [1.82, 2.24) is 5.43 Å². The van der Waals surface area contributed by atoms with Crippen LogP contribution in [0.1, 0.15) is 52.2 Å². The molecule has 8 nitrogen and oxygen atoms in total. The lowest BCUT2D eigenvalue weighted by molar-refractivity contribution is -0.385. The number of phenolic OH excluding ortho intramolecular Hbond substituents is 1. The number of aromatic hydroxyl groups is 1. The highest BCUT2D eigenvalue weighted by atomic mass is 16.6. The van der Waals surface area contributed by atoms with Gasteiger partial charge in [-0.3, -0.25) is 14.9 Å². The Morgan fingerprint density at radius 1 is 1.16 bits per heavy atom. The quantitative estimate of drug-likeness (QED) is 0.365. The van der Waals surface area contributed by atoms with E-state index in [0.29, 0.717) is 5.75 Å². The van der Waals surface area contributed by atoms with E-state index in [4.69, 9.17) is 4.74 Å². The number of para-hydroxylation sites is 1. The van der Waals surface area contributed by atoms with Crippen molar-refractivity contribution in [3.8, 4) is 11.5 Å². The van der Waals surface area contributed by atoms with Crippen LogP contribution in [0.5, 0.6) is 11.5 Å². The number of carbonyl (C=O) groups excluding carboxylic acids is 1. The van der Waals surface area contributed by atoms with Crippen molar-refractivity contribution >= 4 is 17.8 Å². The maximum absolute atomic E-state index is 11.9. The molecule has 0 saturated heterocycles. The molecule has 2 aromatic rings. The van der Waals surface area contributed by atoms with Crippen LogP contribution >= 0.6 is 0 Å². The molecule has 8 heteroatoms. The minimum absolute atomic E-state index is 0.0148. The number of phenols is 1. The summed E-state index contributed by atoms with van der Waals surface area (Å²) in [5, 5.41) is 24.4. The predicted octanol–water partition coefficient (Wildman–Crippen LogP) is 4.54. The molecule has 31 heavy (non-hydrogen) atoms. The Hall–Kier alpha value is -3.42. The second-order valence-corrected chi connectivity index (χ2v) is 9.20. The maximum Gasteiger partial charge on any atom is 0.311 e. The van der Waals surface area contributed by atoms with Gasteiger partial charge in [-0.15, -0.1) is 0 Å². The van der Waals surface area contributed by atoms with Gasteiger partial charge < -0.3 is 9.84 Å². The van der Waals surface area contributed by atoms with Crippen molar-refractivity contribution in [2.75, 3.05) is 6.61 Å². The highest BCUT2D eigenvalue weighted by molar-refractivity contribution is 5.87. The summed E-state index contributed by atoms with van der Waals surface area (Å²) < 4.78 is 5.49. The Morgan fingerprint density at radius 3 is 2.39 bits per heavy atom. The number of nitro benzene ring substituents is 1. The summed E-state index contributed by atoms with van der Waals surface area (Å²) in [6.45, 7) is 10.8. The fourth-order valence-electron chi connectivity index (χ4n) is 3.59. The van der Waals surface area contributed by atoms with Crippen molar-refractivity contribution in [1.29, 1.82) is 0 Å². The molecule has 0 aliphatic carbocycles. The topological polar surface area (TPSA) is 114 Å². The fraction of sp³-hybridized carbons (Fsp3) is 0.391. The zero-order valence-corrected chi connectivity index (χ0v) is 18.5. The Morgan fingerprint density at radius 2 is 1.81 bits per heavy atom. The number of hydrazone groups is 1. The normalized spacial score (nSPS) is 12.0. The molecule has 0 aliphatic heterocycles. The number of benzene rings is 2. The minimum Gasteiger partial charge on any atom is -0.502 e. The van der Waals surface area contributed by atoms with Crippen LogP contribution in [0.3, 0.4) is 0 Å². The van der Waals surface area contributed by atoms with Crippen molar-refractivity contribution in [2.24, 2.45) is 10.5 Å². The first kappa shape index (κ1) is 23.9. The highest BCUT2D eigenvalue weighted by Crippen LogP contribution is 2.36. The first-order chi connectivity index (χ1) is 14.4. The van der Waals surface area contributed by atoms with Crippen LogP contribution in [0, 0.1) is 15.5 Å². The molecule has 1 amide bonds. The molecule has 0 aliphatic rings. The number of nitrogens with one attached hydrogen (secondary N) is 1. The molecule has 2 aromatic carbocycles. The van der Waals surface area contributed by atoms with Crippen molar-refractivity contribution < 1.29 is 19.6 Å². The second kappa shape index (κ2) is 9.59. The molecule has 0 bridgehead atoms. The van der Waals surface area contributed by atoms with E-state index in [9.17, 15) is 20.0 Å².